The fourth-order valence-electron chi connectivity index (χ4n) is 3.04. The number of hydrogen-bond acceptors (Lipinski definition) is 0. The van der Waals surface area contributed by atoms with Crippen molar-refractivity contribution < 1.29 is 51.0 Å². The first-order valence-electron chi connectivity index (χ1n) is 8.81. The van der Waals surface area contributed by atoms with Crippen molar-refractivity contribution in [1.29, 1.82) is 0 Å². The van der Waals surface area contributed by atoms with Gasteiger partial charge in [-0.2, -0.15) is 11.1 Å². The predicted molar refractivity (Wildman–Crippen MR) is 116 cm³/mol. The molecule has 2 radical (unpaired) electrons. The molecule has 146 valence electrons. The van der Waals surface area contributed by atoms with Gasteiger partial charge in [-0.05, 0) is 0 Å². The molecule has 0 amide bonds. The first kappa shape index (κ1) is 29.5. The summed E-state index contributed by atoms with van der Waals surface area (Å²) in [6.45, 7) is 13.0. The van der Waals surface area contributed by atoms with Crippen LogP contribution in [0, 0.1) is 27.7 Å². The zero-order valence-corrected chi connectivity index (χ0v) is 22.5. The largest absolute Gasteiger partial charge is 4.00 e. The van der Waals surface area contributed by atoms with E-state index in [1.165, 1.54) is 43.8 Å². The molecule has 0 aliphatic heterocycles. The van der Waals surface area contributed by atoms with Crippen molar-refractivity contribution in [2.75, 3.05) is 0 Å². The molecule has 0 aliphatic rings. The first-order chi connectivity index (χ1) is 12.0. The Bertz CT molecular complexity index is 876. The van der Waals surface area contributed by atoms with Gasteiger partial charge in [0.15, 0.2) is 0 Å². The first-order valence-corrected chi connectivity index (χ1v) is 10.8. The van der Waals surface area contributed by atoms with E-state index >= 15 is 0 Å². The fraction of sp³-hybridized carbons (Fsp3) is 0.250. The van der Waals surface area contributed by atoms with E-state index in [-0.39, 0.29) is 51.0 Å². The summed E-state index contributed by atoms with van der Waals surface area (Å²) in [4.78, 5) is 0. The molecule has 4 rings (SSSR count). The Morgan fingerprint density at radius 1 is 0.607 bits per heavy atom. The van der Waals surface area contributed by atoms with Gasteiger partial charge in [-0.25, -0.2) is 0 Å². The van der Waals surface area contributed by atoms with E-state index in [2.05, 4.69) is 101 Å². The van der Waals surface area contributed by atoms with Crippen LogP contribution in [0.4, 0.5) is 0 Å². The molecule has 0 fully saturated rings. The maximum absolute atomic E-state index is 2.24. The van der Waals surface area contributed by atoms with E-state index in [4.69, 9.17) is 0 Å². The van der Waals surface area contributed by atoms with E-state index in [9.17, 15) is 0 Å². The van der Waals surface area contributed by atoms with Crippen molar-refractivity contribution in [2.45, 2.75) is 40.8 Å². The van der Waals surface area contributed by atoms with Crippen LogP contribution in [-0.2, 0) is 26.2 Å². The number of rotatable bonds is 0. The van der Waals surface area contributed by atoms with Crippen LogP contribution in [0.25, 0.3) is 21.5 Å². The average Bonchev–Trinajstić information content (AvgIpc) is 3.06. The summed E-state index contributed by atoms with van der Waals surface area (Å²) in [5.41, 5.74) is 5.62. The minimum absolute atomic E-state index is 0. The molecule has 0 saturated carbocycles. The molecular formula is C24H28Cl2SiZr. The van der Waals surface area contributed by atoms with Crippen LogP contribution < -0.4 is 24.8 Å². The Balaban J connectivity index is 0. The fourth-order valence-corrected chi connectivity index (χ4v) is 3.04. The number of fused-ring (bicyclic) bond motifs is 2. The zero-order valence-electron chi connectivity index (χ0n) is 17.5. The third-order valence-electron chi connectivity index (χ3n) is 4.66. The molecule has 4 aromatic carbocycles. The molecule has 4 heteroatoms. The Labute approximate surface area is 204 Å². The second kappa shape index (κ2) is 14.3. The molecule has 0 heterocycles. The Kier molecular flexibility index (Phi) is 15.1. The maximum Gasteiger partial charge on any atom is 4.00 e. The summed E-state index contributed by atoms with van der Waals surface area (Å²) in [7, 11) is 1.08. The van der Waals surface area contributed by atoms with Crippen LogP contribution in [0.1, 0.15) is 22.3 Å². The standard InChI is InChI=1S/2C11H11.C2H6Si.2ClH.Zr/c2*1-8-7-10-5-3-4-6-11(10)9(8)2;1-3-2;;;/h2*3-7H,1-2H3;1-2H3;2*1H;/q2*-1;;;;+4/p-2. The molecule has 0 unspecified atom stereocenters. The van der Waals surface area contributed by atoms with Gasteiger partial charge >= 0.3 is 26.2 Å². The van der Waals surface area contributed by atoms with Gasteiger partial charge in [-0.1, -0.05) is 52.9 Å². The molecule has 0 aliphatic carbocycles. The third kappa shape index (κ3) is 7.30. The van der Waals surface area contributed by atoms with Gasteiger partial charge in [0.1, 0.15) is 0 Å². The molecule has 0 saturated heterocycles. The second-order valence-corrected chi connectivity index (χ2v) is 7.58. The smallest absolute Gasteiger partial charge is 1.00 e. The summed E-state index contributed by atoms with van der Waals surface area (Å²) < 4.78 is 0. The monoisotopic (exact) mass is 504 g/mol. The van der Waals surface area contributed by atoms with Crippen LogP contribution in [-0.4, -0.2) is 9.52 Å². The molecule has 0 bridgehead atoms. The van der Waals surface area contributed by atoms with E-state index in [1.54, 1.807) is 0 Å². The number of hydrogen-bond donors (Lipinski definition) is 0. The van der Waals surface area contributed by atoms with Crippen LogP contribution in [0.3, 0.4) is 0 Å². The summed E-state index contributed by atoms with van der Waals surface area (Å²) in [5.74, 6) is 0. The predicted octanol–water partition coefficient (Wildman–Crippen LogP) is 1.14. The molecule has 4 aromatic rings. The van der Waals surface area contributed by atoms with E-state index in [0.29, 0.717) is 0 Å². The van der Waals surface area contributed by atoms with Gasteiger partial charge < -0.3 is 24.8 Å². The molecule has 28 heavy (non-hydrogen) atoms. The SMILES string of the molecule is C[Si]C.Cc1[cH-]c2ccccc2c1C.Cc1[cH-]c2ccccc2c1C.[Cl-].[Cl-].[Zr+4]. The van der Waals surface area contributed by atoms with Gasteiger partial charge in [-0.15, -0.1) is 81.2 Å². The minimum Gasteiger partial charge on any atom is -1.00 e. The van der Waals surface area contributed by atoms with Gasteiger partial charge in [0.2, 0.25) is 0 Å². The maximum atomic E-state index is 2.24. The Morgan fingerprint density at radius 2 is 0.893 bits per heavy atom. The van der Waals surface area contributed by atoms with Crippen molar-refractivity contribution in [1.82, 2.24) is 0 Å². The third-order valence-corrected chi connectivity index (χ3v) is 4.66. The Morgan fingerprint density at radius 3 is 1.18 bits per heavy atom. The van der Waals surface area contributed by atoms with Crippen molar-refractivity contribution in [3.8, 4) is 0 Å². The molecule has 0 nitrogen and oxygen atoms in total. The molecule has 0 atom stereocenters. The number of halogens is 2. The van der Waals surface area contributed by atoms with Crippen LogP contribution in [0.5, 0.6) is 0 Å². The van der Waals surface area contributed by atoms with Gasteiger partial charge in [0, 0.05) is 9.52 Å². The molecule has 0 spiro atoms. The molecule has 0 N–H and O–H groups in total. The van der Waals surface area contributed by atoms with E-state index < -0.39 is 0 Å². The Hall–Kier alpha value is -0.660. The van der Waals surface area contributed by atoms with Crippen molar-refractivity contribution in [2.24, 2.45) is 0 Å². The van der Waals surface area contributed by atoms with Crippen LogP contribution in [0.15, 0.2) is 60.7 Å². The topological polar surface area (TPSA) is 0 Å². The minimum atomic E-state index is 0. The normalized spacial score (nSPS) is 9.07. The van der Waals surface area contributed by atoms with Crippen molar-refractivity contribution in [3.05, 3.63) is 82.9 Å². The molecular weight excluding hydrogens is 478 g/mol. The average molecular weight is 507 g/mol. The summed E-state index contributed by atoms with van der Waals surface area (Å²) in [5, 5.41) is 5.51. The molecule has 0 aromatic heterocycles. The van der Waals surface area contributed by atoms with Gasteiger partial charge in [0.25, 0.3) is 0 Å². The van der Waals surface area contributed by atoms with Crippen molar-refractivity contribution in [3.63, 3.8) is 0 Å². The van der Waals surface area contributed by atoms with Gasteiger partial charge in [-0.3, -0.25) is 0 Å². The van der Waals surface area contributed by atoms with E-state index in [0.717, 1.165) is 9.52 Å². The van der Waals surface area contributed by atoms with Crippen molar-refractivity contribution >= 4 is 31.1 Å². The summed E-state index contributed by atoms with van der Waals surface area (Å²) in [6.07, 6.45) is 0. The summed E-state index contributed by atoms with van der Waals surface area (Å²) >= 11 is 0. The van der Waals surface area contributed by atoms with Crippen LogP contribution >= 0.6 is 0 Å². The van der Waals surface area contributed by atoms with Crippen LogP contribution in [0.2, 0.25) is 13.1 Å². The summed E-state index contributed by atoms with van der Waals surface area (Å²) in [6, 6.07) is 21.5. The zero-order chi connectivity index (χ0) is 18.4. The van der Waals surface area contributed by atoms with E-state index in [1.807, 2.05) is 0 Å². The second-order valence-electron chi connectivity index (χ2n) is 6.58. The number of benzene rings is 2. The number of aryl methyl sites for hydroxylation is 4. The van der Waals surface area contributed by atoms with Gasteiger partial charge in [0.05, 0.1) is 0 Å². The quantitative estimate of drug-likeness (QED) is 0.248.